The van der Waals surface area contributed by atoms with Crippen LogP contribution in [0.4, 0.5) is 4.79 Å². The summed E-state index contributed by atoms with van der Waals surface area (Å²) in [5, 5.41) is 0. The Bertz CT molecular complexity index is 770. The van der Waals surface area contributed by atoms with E-state index in [4.69, 9.17) is 11.5 Å². The van der Waals surface area contributed by atoms with Crippen molar-refractivity contribution in [2.75, 3.05) is 26.2 Å². The molecule has 1 aromatic rings. The zero-order valence-corrected chi connectivity index (χ0v) is 16.0. The number of benzene rings is 1. The fourth-order valence-electron chi connectivity index (χ4n) is 2.75. The number of nitrogens with zero attached hydrogens (tertiary/aromatic N) is 1. The maximum atomic E-state index is 11.4. The molecule has 6 heteroatoms. The summed E-state index contributed by atoms with van der Waals surface area (Å²) in [6.45, 7) is 6.48. The molecule has 0 spiro atoms. The number of rotatable bonds is 6. The zero-order chi connectivity index (χ0) is 19.9. The van der Waals surface area contributed by atoms with Gasteiger partial charge in [-0.1, -0.05) is 43.9 Å². The smallest absolute Gasteiger partial charge is 0.405 e. The molecule has 0 bridgehead atoms. The molecule has 1 heterocycles. The van der Waals surface area contributed by atoms with Crippen molar-refractivity contribution in [3.8, 4) is 11.8 Å². The Kier molecular flexibility index (Phi) is 7.03. The number of ether oxygens (including phenoxy) is 1. The third-order valence-electron chi connectivity index (χ3n) is 4.79. The number of carbonyl (C=O) groups is 2. The summed E-state index contributed by atoms with van der Waals surface area (Å²) in [5.74, 6) is 5.42. The molecule has 4 N–H and O–H groups in total. The first-order valence-electron chi connectivity index (χ1n) is 9.01. The number of carbonyl (C=O) groups excluding carboxylic acids is 2. The lowest BCUT2D eigenvalue weighted by Gasteiger charge is -2.29. The van der Waals surface area contributed by atoms with Gasteiger partial charge in [0.05, 0.1) is 0 Å². The predicted molar refractivity (Wildman–Crippen MR) is 105 cm³/mol. The van der Waals surface area contributed by atoms with Crippen molar-refractivity contribution in [3.05, 3.63) is 41.5 Å². The van der Waals surface area contributed by atoms with Gasteiger partial charge in [-0.05, 0) is 42.7 Å². The minimum Gasteiger partial charge on any atom is -0.437 e. The molecule has 2 rings (SSSR count). The van der Waals surface area contributed by atoms with Crippen LogP contribution in [0.1, 0.15) is 37.8 Å². The van der Waals surface area contributed by atoms with Crippen molar-refractivity contribution in [1.29, 1.82) is 0 Å². The number of nitrogens with two attached hydrogens (primary N) is 2. The monoisotopic (exact) mass is 369 g/mol. The van der Waals surface area contributed by atoms with E-state index in [-0.39, 0.29) is 12.5 Å². The Balaban J connectivity index is 1.88. The Morgan fingerprint density at radius 1 is 1.22 bits per heavy atom. The van der Waals surface area contributed by atoms with Crippen LogP contribution in [-0.4, -0.2) is 43.1 Å². The zero-order valence-electron chi connectivity index (χ0n) is 16.0. The van der Waals surface area contributed by atoms with Crippen molar-refractivity contribution < 1.29 is 14.3 Å². The van der Waals surface area contributed by atoms with Gasteiger partial charge in [0.1, 0.15) is 0 Å². The van der Waals surface area contributed by atoms with E-state index in [1.165, 1.54) is 11.1 Å². The van der Waals surface area contributed by atoms with Gasteiger partial charge in [0, 0.05) is 24.1 Å². The summed E-state index contributed by atoms with van der Waals surface area (Å²) in [6, 6.07) is 8.01. The third-order valence-corrected chi connectivity index (χ3v) is 4.79. The normalized spacial score (nSPS) is 14.7. The van der Waals surface area contributed by atoms with Crippen molar-refractivity contribution in [3.63, 3.8) is 0 Å². The molecular formula is C21H27N3O3. The summed E-state index contributed by atoms with van der Waals surface area (Å²) in [6.07, 6.45) is 3.14. The van der Waals surface area contributed by atoms with Gasteiger partial charge in [0.2, 0.25) is 5.91 Å². The van der Waals surface area contributed by atoms with Crippen LogP contribution in [0.15, 0.2) is 30.3 Å². The molecule has 0 radical (unpaired) electrons. The van der Waals surface area contributed by atoms with Crippen molar-refractivity contribution >= 4 is 17.6 Å². The van der Waals surface area contributed by atoms with E-state index in [1.54, 1.807) is 0 Å². The van der Waals surface area contributed by atoms with Gasteiger partial charge in [-0.2, -0.15) is 0 Å². The molecule has 0 fully saturated rings. The van der Waals surface area contributed by atoms with E-state index < -0.39 is 11.5 Å². The topological polar surface area (TPSA) is 98.7 Å². The second-order valence-corrected chi connectivity index (χ2v) is 7.26. The maximum absolute atomic E-state index is 11.4. The minimum atomic E-state index is -0.823. The van der Waals surface area contributed by atoms with Gasteiger partial charge in [0.15, 0.2) is 6.61 Å². The maximum Gasteiger partial charge on any atom is 0.405 e. The summed E-state index contributed by atoms with van der Waals surface area (Å²) in [5.41, 5.74) is 13.2. The fourth-order valence-corrected chi connectivity index (χ4v) is 2.75. The van der Waals surface area contributed by atoms with Crippen LogP contribution in [-0.2, 0) is 9.53 Å². The van der Waals surface area contributed by atoms with Gasteiger partial charge in [-0.3, -0.25) is 9.69 Å². The molecule has 0 saturated carbocycles. The summed E-state index contributed by atoms with van der Waals surface area (Å²) in [7, 11) is 0. The van der Waals surface area contributed by atoms with Crippen LogP contribution < -0.4 is 11.5 Å². The van der Waals surface area contributed by atoms with E-state index >= 15 is 0 Å². The number of hydrogen-bond donors (Lipinski definition) is 2. The van der Waals surface area contributed by atoms with E-state index in [0.29, 0.717) is 0 Å². The Hall–Kier alpha value is -2.78. The second kappa shape index (κ2) is 9.24. The van der Waals surface area contributed by atoms with Gasteiger partial charge in [0.25, 0.3) is 0 Å². The Morgan fingerprint density at radius 3 is 2.48 bits per heavy atom. The van der Waals surface area contributed by atoms with Gasteiger partial charge in [-0.15, -0.1) is 0 Å². The largest absolute Gasteiger partial charge is 0.437 e. The van der Waals surface area contributed by atoms with Crippen LogP contribution >= 0.6 is 0 Å². The molecule has 1 aliphatic rings. The van der Waals surface area contributed by atoms with Crippen LogP contribution in [0.5, 0.6) is 0 Å². The average molecular weight is 369 g/mol. The minimum absolute atomic E-state index is 0.00929. The molecule has 0 atom stereocenters. The average Bonchev–Trinajstić information content (AvgIpc) is 2.64. The number of amides is 2. The molecule has 1 aliphatic heterocycles. The van der Waals surface area contributed by atoms with E-state index in [0.717, 1.165) is 38.0 Å². The van der Waals surface area contributed by atoms with Gasteiger partial charge < -0.3 is 16.2 Å². The highest BCUT2D eigenvalue weighted by Crippen LogP contribution is 2.25. The fraction of sp³-hybridized carbons (Fsp3) is 0.429. The SMILES string of the molecule is CC(C)(CCN1CC=C(c2ccc(C#CCOC(N)=O)cc2)CC1)C(N)=O. The Labute approximate surface area is 160 Å². The lowest BCUT2D eigenvalue weighted by atomic mass is 9.88. The number of hydrogen-bond acceptors (Lipinski definition) is 4. The lowest BCUT2D eigenvalue weighted by Crippen LogP contribution is -2.37. The molecule has 0 aliphatic carbocycles. The molecule has 144 valence electrons. The summed E-state index contributed by atoms with van der Waals surface area (Å²) < 4.78 is 4.57. The van der Waals surface area contributed by atoms with E-state index in [9.17, 15) is 9.59 Å². The van der Waals surface area contributed by atoms with Crippen LogP contribution in [0, 0.1) is 17.3 Å². The third kappa shape index (κ3) is 6.46. The molecule has 27 heavy (non-hydrogen) atoms. The first-order valence-corrected chi connectivity index (χ1v) is 9.01. The summed E-state index contributed by atoms with van der Waals surface area (Å²) >= 11 is 0. The predicted octanol–water partition coefficient (Wildman–Crippen LogP) is 2.12. The molecule has 0 unspecified atom stereocenters. The van der Waals surface area contributed by atoms with Crippen LogP contribution in [0.3, 0.4) is 0 Å². The first-order chi connectivity index (χ1) is 12.8. The number of primary amides is 2. The van der Waals surface area contributed by atoms with E-state index in [1.807, 2.05) is 26.0 Å². The highest BCUT2D eigenvalue weighted by Gasteiger charge is 2.25. The lowest BCUT2D eigenvalue weighted by molar-refractivity contribution is -0.126. The highest BCUT2D eigenvalue weighted by molar-refractivity contribution is 5.79. The van der Waals surface area contributed by atoms with Crippen molar-refractivity contribution in [1.82, 2.24) is 4.90 Å². The first kappa shape index (κ1) is 20.5. The molecule has 2 amide bonds. The van der Waals surface area contributed by atoms with Gasteiger partial charge in [-0.25, -0.2) is 4.79 Å². The molecule has 0 aromatic heterocycles. The molecular weight excluding hydrogens is 342 g/mol. The standard InChI is InChI=1S/C21H27N3O3/c1-21(2,19(22)25)11-14-24-12-9-18(10-13-24)17-7-5-16(6-8-17)4-3-15-27-20(23)26/h5-9H,10-15H2,1-2H3,(H2,22,25)(H2,23,26). The van der Waals surface area contributed by atoms with E-state index in [2.05, 4.69) is 39.7 Å². The highest BCUT2D eigenvalue weighted by atomic mass is 16.5. The van der Waals surface area contributed by atoms with Crippen LogP contribution in [0.2, 0.25) is 0 Å². The Morgan fingerprint density at radius 2 is 1.93 bits per heavy atom. The second-order valence-electron chi connectivity index (χ2n) is 7.26. The van der Waals surface area contributed by atoms with Crippen molar-refractivity contribution in [2.24, 2.45) is 16.9 Å². The molecule has 0 saturated heterocycles. The molecule has 6 nitrogen and oxygen atoms in total. The van der Waals surface area contributed by atoms with Crippen molar-refractivity contribution in [2.45, 2.75) is 26.7 Å². The van der Waals surface area contributed by atoms with Gasteiger partial charge >= 0.3 is 6.09 Å². The summed E-state index contributed by atoms with van der Waals surface area (Å²) in [4.78, 5) is 24.2. The van der Waals surface area contributed by atoms with Crippen LogP contribution in [0.25, 0.3) is 5.57 Å². The quantitative estimate of drug-likeness (QED) is 0.750. The molecule has 1 aromatic carbocycles.